The number of aryl methyl sites for hydroxylation is 1. The highest BCUT2D eigenvalue weighted by Crippen LogP contribution is 2.22. The fourth-order valence-corrected chi connectivity index (χ4v) is 2.78. The smallest absolute Gasteiger partial charge is 0.261 e. The van der Waals surface area contributed by atoms with Crippen LogP contribution in [0, 0.1) is 6.92 Å². The Balaban J connectivity index is 1.40. The fourth-order valence-electron chi connectivity index (χ4n) is 2.78. The summed E-state index contributed by atoms with van der Waals surface area (Å²) in [4.78, 5) is 41.6. The van der Waals surface area contributed by atoms with Crippen LogP contribution in [0.5, 0.6) is 0 Å². The van der Waals surface area contributed by atoms with E-state index in [2.05, 4.69) is 10.3 Å². The number of aromatic nitrogens is 1. The zero-order valence-electron chi connectivity index (χ0n) is 13.9. The normalized spacial score (nSPS) is 13.2. The van der Waals surface area contributed by atoms with E-state index in [1.807, 2.05) is 0 Å². The molecule has 3 amide bonds. The number of hydrogen-bond donors (Lipinski definition) is 1. The Hall–Kier alpha value is -2.96. The molecule has 2 aromatic rings. The summed E-state index contributed by atoms with van der Waals surface area (Å²) in [5.74, 6) is -0.0936. The molecule has 7 heteroatoms. The lowest BCUT2D eigenvalue weighted by Crippen LogP contribution is -2.32. The van der Waals surface area contributed by atoms with Crippen LogP contribution in [0.1, 0.15) is 45.1 Å². The van der Waals surface area contributed by atoms with E-state index in [9.17, 15) is 14.4 Å². The molecule has 130 valence electrons. The van der Waals surface area contributed by atoms with Crippen LogP contribution in [-0.2, 0) is 11.2 Å². The maximum Gasteiger partial charge on any atom is 0.261 e. The number of carbonyl (C=O) groups excluding carboxylic acids is 3. The molecule has 0 radical (unpaired) electrons. The van der Waals surface area contributed by atoms with Gasteiger partial charge in [0.1, 0.15) is 6.26 Å². The van der Waals surface area contributed by atoms with Crippen molar-refractivity contribution in [1.82, 2.24) is 15.2 Å². The Morgan fingerprint density at radius 3 is 2.48 bits per heavy atom. The molecule has 0 unspecified atom stereocenters. The van der Waals surface area contributed by atoms with Gasteiger partial charge >= 0.3 is 0 Å². The number of nitrogens with one attached hydrogen (secondary N) is 1. The van der Waals surface area contributed by atoms with Crippen LogP contribution in [-0.4, -0.2) is 40.7 Å². The third-order valence-corrected chi connectivity index (χ3v) is 4.03. The average molecular weight is 341 g/mol. The molecule has 7 nitrogen and oxygen atoms in total. The minimum atomic E-state index is -0.289. The first-order valence-electron chi connectivity index (χ1n) is 8.19. The molecule has 1 aliphatic rings. The number of amides is 3. The Morgan fingerprint density at radius 1 is 1.20 bits per heavy atom. The number of nitrogens with zero attached hydrogens (tertiary/aromatic N) is 2. The van der Waals surface area contributed by atoms with E-state index in [0.717, 1.165) is 5.69 Å². The molecule has 0 spiro atoms. The van der Waals surface area contributed by atoms with Crippen molar-refractivity contribution in [2.24, 2.45) is 0 Å². The van der Waals surface area contributed by atoms with Crippen molar-refractivity contribution in [2.45, 2.75) is 26.2 Å². The second-order valence-electron chi connectivity index (χ2n) is 5.87. The van der Waals surface area contributed by atoms with Crippen LogP contribution < -0.4 is 5.32 Å². The van der Waals surface area contributed by atoms with Crippen molar-refractivity contribution >= 4 is 17.7 Å². The second-order valence-corrected chi connectivity index (χ2v) is 5.87. The minimum Gasteiger partial charge on any atom is -0.449 e. The zero-order chi connectivity index (χ0) is 17.8. The first-order chi connectivity index (χ1) is 12.1. The molecule has 1 aromatic carbocycles. The van der Waals surface area contributed by atoms with Gasteiger partial charge in [0.2, 0.25) is 5.91 Å². The molecule has 1 aliphatic heterocycles. The van der Waals surface area contributed by atoms with E-state index >= 15 is 0 Å². The molecule has 2 heterocycles. The molecule has 0 aliphatic carbocycles. The van der Waals surface area contributed by atoms with Gasteiger partial charge in [-0.05, 0) is 18.6 Å². The van der Waals surface area contributed by atoms with Crippen molar-refractivity contribution in [3.05, 3.63) is 53.2 Å². The second kappa shape index (κ2) is 7.29. The molecule has 1 aromatic heterocycles. The van der Waals surface area contributed by atoms with Crippen LogP contribution in [0.4, 0.5) is 0 Å². The minimum absolute atomic E-state index is 0.114. The maximum absolute atomic E-state index is 12.2. The van der Waals surface area contributed by atoms with Crippen LogP contribution in [0.25, 0.3) is 0 Å². The number of benzene rings is 1. The summed E-state index contributed by atoms with van der Waals surface area (Å²) in [5, 5.41) is 2.80. The van der Waals surface area contributed by atoms with Gasteiger partial charge in [-0.25, -0.2) is 4.98 Å². The van der Waals surface area contributed by atoms with Crippen molar-refractivity contribution in [3.63, 3.8) is 0 Å². The molecule has 25 heavy (non-hydrogen) atoms. The molecule has 1 N–H and O–H groups in total. The van der Waals surface area contributed by atoms with E-state index in [0.29, 0.717) is 36.4 Å². The number of oxazole rings is 1. The third kappa shape index (κ3) is 3.76. The molecule has 0 atom stereocenters. The largest absolute Gasteiger partial charge is 0.449 e. The van der Waals surface area contributed by atoms with Gasteiger partial charge in [-0.3, -0.25) is 19.3 Å². The fraction of sp³-hybridized carbons (Fsp3) is 0.333. The summed E-state index contributed by atoms with van der Waals surface area (Å²) >= 11 is 0. The van der Waals surface area contributed by atoms with Gasteiger partial charge < -0.3 is 9.73 Å². The zero-order valence-corrected chi connectivity index (χ0v) is 13.9. The van der Waals surface area contributed by atoms with E-state index in [1.54, 1.807) is 37.5 Å². The van der Waals surface area contributed by atoms with Crippen molar-refractivity contribution < 1.29 is 18.8 Å². The molecule has 3 rings (SSSR count). The van der Waals surface area contributed by atoms with Crippen molar-refractivity contribution in [1.29, 1.82) is 0 Å². The van der Waals surface area contributed by atoms with E-state index in [1.165, 1.54) is 4.90 Å². The highest BCUT2D eigenvalue weighted by Gasteiger charge is 2.34. The summed E-state index contributed by atoms with van der Waals surface area (Å²) in [6, 6.07) is 6.76. The Morgan fingerprint density at radius 2 is 1.88 bits per heavy atom. The Labute approximate surface area is 145 Å². The van der Waals surface area contributed by atoms with E-state index in [-0.39, 0.29) is 30.7 Å². The van der Waals surface area contributed by atoms with Gasteiger partial charge in [-0.1, -0.05) is 12.1 Å². The lowest BCUT2D eigenvalue weighted by molar-refractivity contribution is -0.121. The van der Waals surface area contributed by atoms with Crippen molar-refractivity contribution in [2.75, 3.05) is 13.1 Å². The third-order valence-electron chi connectivity index (χ3n) is 4.03. The summed E-state index contributed by atoms with van der Waals surface area (Å²) in [7, 11) is 0. The highest BCUT2D eigenvalue weighted by atomic mass is 16.3. The number of imide groups is 1. The van der Waals surface area contributed by atoms with Gasteiger partial charge in [0.15, 0.2) is 5.89 Å². The van der Waals surface area contributed by atoms with Gasteiger partial charge in [0.25, 0.3) is 11.8 Å². The molecule has 0 saturated carbocycles. The summed E-state index contributed by atoms with van der Waals surface area (Å²) in [5.41, 5.74) is 1.66. The predicted octanol–water partition coefficient (Wildman–Crippen LogP) is 1.72. The summed E-state index contributed by atoms with van der Waals surface area (Å²) in [6.07, 6.45) is 2.86. The highest BCUT2D eigenvalue weighted by molar-refractivity contribution is 6.21. The number of fused-ring (bicyclic) bond motifs is 1. The lowest BCUT2D eigenvalue weighted by atomic mass is 10.1. The molecule has 0 saturated heterocycles. The lowest BCUT2D eigenvalue weighted by Gasteiger charge is -2.13. The first-order valence-corrected chi connectivity index (χ1v) is 8.19. The van der Waals surface area contributed by atoms with Crippen LogP contribution in [0.3, 0.4) is 0 Å². The molecular weight excluding hydrogens is 322 g/mol. The standard InChI is InChI=1S/C18H19N3O4/c1-12-20-13(11-25-12)8-9-19-16(22)7-4-10-21-17(23)14-5-2-3-6-15(14)18(21)24/h2-3,5-6,11H,4,7-10H2,1H3,(H,19,22). The number of carbonyl (C=O) groups is 3. The molecular formula is C18H19N3O4. The molecule has 0 bridgehead atoms. The Kier molecular flexibility index (Phi) is 4.92. The predicted molar refractivity (Wildman–Crippen MR) is 89.0 cm³/mol. The monoisotopic (exact) mass is 341 g/mol. The van der Waals surface area contributed by atoms with Gasteiger partial charge in [-0.15, -0.1) is 0 Å². The summed E-state index contributed by atoms with van der Waals surface area (Å²) in [6.45, 7) is 2.47. The van der Waals surface area contributed by atoms with Gasteiger partial charge in [-0.2, -0.15) is 0 Å². The first kappa shape index (κ1) is 16.9. The average Bonchev–Trinajstić information content (AvgIpc) is 3.12. The molecule has 0 fully saturated rings. The topological polar surface area (TPSA) is 92.5 Å². The van der Waals surface area contributed by atoms with Crippen LogP contribution in [0.15, 0.2) is 34.9 Å². The summed E-state index contributed by atoms with van der Waals surface area (Å²) < 4.78 is 5.10. The van der Waals surface area contributed by atoms with Crippen molar-refractivity contribution in [3.8, 4) is 0 Å². The van der Waals surface area contributed by atoms with E-state index < -0.39 is 0 Å². The quantitative estimate of drug-likeness (QED) is 0.774. The van der Waals surface area contributed by atoms with Gasteiger partial charge in [0.05, 0.1) is 16.8 Å². The number of rotatable bonds is 7. The number of hydrogen-bond acceptors (Lipinski definition) is 5. The van der Waals surface area contributed by atoms with Crippen LogP contribution in [0.2, 0.25) is 0 Å². The van der Waals surface area contributed by atoms with Gasteiger partial charge in [0, 0.05) is 32.9 Å². The van der Waals surface area contributed by atoms with E-state index in [4.69, 9.17) is 4.42 Å². The maximum atomic E-state index is 12.2. The SMILES string of the molecule is Cc1nc(CCNC(=O)CCCN2C(=O)c3ccccc3C2=O)co1. The Bertz CT molecular complexity index is 777. The van der Waals surface area contributed by atoms with Crippen LogP contribution >= 0.6 is 0 Å².